The summed E-state index contributed by atoms with van der Waals surface area (Å²) >= 11 is 0. The third-order valence-electron chi connectivity index (χ3n) is 3.05. The first kappa shape index (κ1) is 12.9. The molecule has 0 saturated heterocycles. The summed E-state index contributed by atoms with van der Waals surface area (Å²) in [5.74, 6) is 1.71. The average Bonchev–Trinajstić information content (AvgIpc) is 3.16. The van der Waals surface area contributed by atoms with Gasteiger partial charge in [-0.3, -0.25) is 0 Å². The number of aromatic nitrogens is 3. The van der Waals surface area contributed by atoms with Crippen LogP contribution in [0.3, 0.4) is 0 Å². The van der Waals surface area contributed by atoms with Gasteiger partial charge in [0.1, 0.15) is 23.2 Å². The van der Waals surface area contributed by atoms with Crippen molar-refractivity contribution in [2.45, 2.75) is 6.42 Å². The maximum absolute atomic E-state index is 8.79. The van der Waals surface area contributed by atoms with Gasteiger partial charge in [0.25, 0.3) is 5.89 Å². The van der Waals surface area contributed by atoms with Gasteiger partial charge in [-0.25, -0.2) is 0 Å². The van der Waals surface area contributed by atoms with Crippen molar-refractivity contribution in [3.8, 4) is 23.4 Å². The van der Waals surface area contributed by atoms with Crippen molar-refractivity contribution in [3.05, 3.63) is 53.5 Å². The molecule has 0 unspecified atom stereocenters. The van der Waals surface area contributed by atoms with Crippen molar-refractivity contribution >= 4 is 0 Å². The van der Waals surface area contributed by atoms with E-state index in [1.807, 2.05) is 30.3 Å². The summed E-state index contributed by atoms with van der Waals surface area (Å²) in [6.07, 6.45) is 0.513. The molecular weight excluding hydrogens is 268 g/mol. The highest BCUT2D eigenvalue weighted by atomic mass is 16.5. The molecule has 2 heterocycles. The van der Waals surface area contributed by atoms with E-state index in [1.165, 1.54) is 0 Å². The number of ether oxygens (including phenoxy) is 1. The number of nitrogens with one attached hydrogen (secondary N) is 1. The first-order valence-corrected chi connectivity index (χ1v) is 6.34. The first-order chi connectivity index (χ1) is 10.3. The molecule has 0 amide bonds. The van der Waals surface area contributed by atoms with Crippen LogP contribution in [0.15, 0.2) is 40.9 Å². The smallest absolute Gasteiger partial charge is 0.274 e. The zero-order chi connectivity index (χ0) is 14.7. The molecule has 0 aliphatic carbocycles. The SMILES string of the molecule is COc1ccccc1Cc1noc(-c2ccc(C#N)[nH]2)n1. The normalized spacial score (nSPS) is 10.3. The van der Waals surface area contributed by atoms with Gasteiger partial charge >= 0.3 is 0 Å². The summed E-state index contributed by atoms with van der Waals surface area (Å²) in [6, 6.07) is 13.1. The summed E-state index contributed by atoms with van der Waals surface area (Å²) in [4.78, 5) is 7.22. The van der Waals surface area contributed by atoms with E-state index in [9.17, 15) is 0 Å². The molecule has 3 aromatic rings. The Hall–Kier alpha value is -3.07. The minimum Gasteiger partial charge on any atom is -0.496 e. The molecule has 0 aliphatic heterocycles. The van der Waals surface area contributed by atoms with Crippen molar-refractivity contribution in [3.63, 3.8) is 0 Å². The molecule has 6 nitrogen and oxygen atoms in total. The topological polar surface area (TPSA) is 87.7 Å². The molecule has 0 atom stereocenters. The summed E-state index contributed by atoms with van der Waals surface area (Å²) in [7, 11) is 1.63. The van der Waals surface area contributed by atoms with Gasteiger partial charge in [0.15, 0.2) is 5.82 Å². The standard InChI is InChI=1S/C15H12N4O2/c1-20-13-5-3-2-4-10(13)8-14-18-15(21-19-14)12-7-6-11(9-16)17-12/h2-7,17H,8H2,1H3. The van der Waals surface area contributed by atoms with Crippen LogP contribution in [-0.2, 0) is 6.42 Å². The van der Waals surface area contributed by atoms with Crippen LogP contribution >= 0.6 is 0 Å². The summed E-state index contributed by atoms with van der Waals surface area (Å²) in [6.45, 7) is 0. The molecule has 21 heavy (non-hydrogen) atoms. The Labute approximate surface area is 121 Å². The van der Waals surface area contributed by atoms with E-state index in [4.69, 9.17) is 14.5 Å². The van der Waals surface area contributed by atoms with E-state index in [0.29, 0.717) is 29.5 Å². The first-order valence-electron chi connectivity index (χ1n) is 6.34. The second-order valence-corrected chi connectivity index (χ2v) is 4.40. The molecule has 6 heteroatoms. The molecule has 0 spiro atoms. The van der Waals surface area contributed by atoms with Crippen molar-refractivity contribution in [1.29, 1.82) is 5.26 Å². The summed E-state index contributed by atoms with van der Waals surface area (Å²) in [5, 5.41) is 12.7. The minimum absolute atomic E-state index is 0.362. The van der Waals surface area contributed by atoms with E-state index in [-0.39, 0.29) is 0 Å². The largest absolute Gasteiger partial charge is 0.496 e. The highest BCUT2D eigenvalue weighted by Gasteiger charge is 2.12. The van der Waals surface area contributed by atoms with Gasteiger partial charge in [0.05, 0.1) is 7.11 Å². The molecule has 0 saturated carbocycles. The van der Waals surface area contributed by atoms with Crippen molar-refractivity contribution in [2.24, 2.45) is 0 Å². The summed E-state index contributed by atoms with van der Waals surface area (Å²) < 4.78 is 10.5. The van der Waals surface area contributed by atoms with Crippen molar-refractivity contribution < 1.29 is 9.26 Å². The van der Waals surface area contributed by atoms with Gasteiger partial charge in [-0.2, -0.15) is 10.2 Å². The van der Waals surface area contributed by atoms with Crippen LogP contribution in [-0.4, -0.2) is 22.2 Å². The number of nitriles is 1. The van der Waals surface area contributed by atoms with Crippen LogP contribution in [0.1, 0.15) is 17.1 Å². The number of rotatable bonds is 4. The molecule has 0 aliphatic rings. The Kier molecular flexibility index (Phi) is 3.39. The predicted molar refractivity (Wildman–Crippen MR) is 74.6 cm³/mol. The fourth-order valence-corrected chi connectivity index (χ4v) is 2.04. The molecule has 0 fully saturated rings. The fraction of sp³-hybridized carbons (Fsp3) is 0.133. The van der Waals surface area contributed by atoms with Gasteiger partial charge < -0.3 is 14.2 Å². The Bertz CT molecular complexity index is 798. The third-order valence-corrected chi connectivity index (χ3v) is 3.05. The van der Waals surface area contributed by atoms with E-state index in [0.717, 1.165) is 11.3 Å². The zero-order valence-corrected chi connectivity index (χ0v) is 11.3. The van der Waals surface area contributed by atoms with Gasteiger partial charge in [-0.1, -0.05) is 23.4 Å². The Morgan fingerprint density at radius 1 is 1.29 bits per heavy atom. The molecule has 3 rings (SSSR count). The van der Waals surface area contributed by atoms with Gasteiger partial charge in [0.2, 0.25) is 0 Å². The predicted octanol–water partition coefficient (Wildman–Crippen LogP) is 2.54. The number of hydrogen-bond acceptors (Lipinski definition) is 5. The Morgan fingerprint density at radius 3 is 2.90 bits per heavy atom. The van der Waals surface area contributed by atoms with Gasteiger partial charge in [-0.15, -0.1) is 0 Å². The van der Waals surface area contributed by atoms with Crippen LogP contribution in [0, 0.1) is 11.3 Å². The van der Waals surface area contributed by atoms with E-state index in [1.54, 1.807) is 19.2 Å². The number of benzene rings is 1. The fourth-order valence-electron chi connectivity index (χ4n) is 2.04. The van der Waals surface area contributed by atoms with Gasteiger partial charge in [0, 0.05) is 12.0 Å². The van der Waals surface area contributed by atoms with E-state index in [2.05, 4.69) is 15.1 Å². The molecule has 0 radical (unpaired) electrons. The molecule has 0 bridgehead atoms. The quantitative estimate of drug-likeness (QED) is 0.793. The van der Waals surface area contributed by atoms with Crippen LogP contribution in [0.2, 0.25) is 0 Å². The number of aromatic amines is 1. The molecule has 2 aromatic heterocycles. The summed E-state index contributed by atoms with van der Waals surface area (Å²) in [5.41, 5.74) is 2.07. The van der Waals surface area contributed by atoms with Crippen LogP contribution in [0.25, 0.3) is 11.6 Å². The van der Waals surface area contributed by atoms with Crippen LogP contribution in [0.5, 0.6) is 5.75 Å². The highest BCUT2D eigenvalue weighted by molar-refractivity contribution is 5.49. The molecule has 1 aromatic carbocycles. The van der Waals surface area contributed by atoms with E-state index >= 15 is 0 Å². The minimum atomic E-state index is 0.362. The third kappa shape index (κ3) is 2.62. The lowest BCUT2D eigenvalue weighted by atomic mass is 10.1. The second-order valence-electron chi connectivity index (χ2n) is 4.40. The second kappa shape index (κ2) is 5.51. The number of para-hydroxylation sites is 1. The molecular formula is C15H12N4O2. The number of H-pyrrole nitrogens is 1. The number of methoxy groups -OCH3 is 1. The lowest BCUT2D eigenvalue weighted by Gasteiger charge is -2.04. The van der Waals surface area contributed by atoms with Crippen molar-refractivity contribution in [1.82, 2.24) is 15.1 Å². The maximum Gasteiger partial charge on any atom is 0.274 e. The highest BCUT2D eigenvalue weighted by Crippen LogP contribution is 2.21. The maximum atomic E-state index is 8.79. The van der Waals surface area contributed by atoms with Crippen LogP contribution in [0.4, 0.5) is 0 Å². The molecule has 1 N–H and O–H groups in total. The monoisotopic (exact) mass is 280 g/mol. The van der Waals surface area contributed by atoms with Crippen molar-refractivity contribution in [2.75, 3.05) is 7.11 Å². The Morgan fingerprint density at radius 2 is 2.14 bits per heavy atom. The number of hydrogen-bond donors (Lipinski definition) is 1. The van der Waals surface area contributed by atoms with E-state index < -0.39 is 0 Å². The Balaban J connectivity index is 1.84. The lowest BCUT2D eigenvalue weighted by Crippen LogP contribution is -1.95. The zero-order valence-electron chi connectivity index (χ0n) is 11.3. The lowest BCUT2D eigenvalue weighted by molar-refractivity contribution is 0.408. The van der Waals surface area contributed by atoms with Gasteiger partial charge in [-0.05, 0) is 18.2 Å². The number of nitrogens with zero attached hydrogens (tertiary/aromatic N) is 3. The molecule has 104 valence electrons. The average molecular weight is 280 g/mol. The van der Waals surface area contributed by atoms with Crippen LogP contribution < -0.4 is 4.74 Å².